The van der Waals surface area contributed by atoms with Crippen LogP contribution in [0.1, 0.15) is 32.1 Å². The third-order valence-electron chi connectivity index (χ3n) is 5.43. The zero-order valence-electron chi connectivity index (χ0n) is 15.3. The van der Waals surface area contributed by atoms with Crippen molar-refractivity contribution in [2.45, 2.75) is 44.2 Å². The van der Waals surface area contributed by atoms with Crippen LogP contribution in [0.4, 0.5) is 0 Å². The predicted octanol–water partition coefficient (Wildman–Crippen LogP) is 1.68. The van der Waals surface area contributed by atoms with Gasteiger partial charge in [0.25, 0.3) is 0 Å². The second-order valence-electron chi connectivity index (χ2n) is 7.32. The molecule has 3 rings (SSSR count). The van der Waals surface area contributed by atoms with Crippen LogP contribution in [-0.2, 0) is 9.59 Å². The van der Waals surface area contributed by atoms with E-state index in [1.165, 1.54) is 0 Å². The van der Waals surface area contributed by atoms with Crippen LogP contribution in [0, 0.1) is 5.92 Å². The molecule has 1 saturated heterocycles. The van der Waals surface area contributed by atoms with E-state index in [9.17, 15) is 14.7 Å². The van der Waals surface area contributed by atoms with E-state index in [1.807, 2.05) is 37.4 Å². The molecule has 1 heterocycles. The van der Waals surface area contributed by atoms with Crippen LogP contribution in [0.2, 0.25) is 0 Å². The number of ether oxygens (including phenoxy) is 1. The van der Waals surface area contributed by atoms with Gasteiger partial charge in [0.05, 0.1) is 25.0 Å². The van der Waals surface area contributed by atoms with E-state index in [-0.39, 0.29) is 29.9 Å². The van der Waals surface area contributed by atoms with Crippen LogP contribution < -0.4 is 4.74 Å². The number of amides is 2. The highest BCUT2D eigenvalue weighted by atomic mass is 16.5. The summed E-state index contributed by atoms with van der Waals surface area (Å²) in [5, 5.41) is 9.44. The molecule has 1 aromatic rings. The monoisotopic (exact) mass is 360 g/mol. The maximum Gasteiger partial charge on any atom is 0.227 e. The first-order chi connectivity index (χ1) is 12.5. The van der Waals surface area contributed by atoms with Crippen molar-refractivity contribution >= 4 is 11.8 Å². The lowest BCUT2D eigenvalue weighted by molar-refractivity contribution is -0.144. The molecule has 26 heavy (non-hydrogen) atoms. The van der Waals surface area contributed by atoms with Gasteiger partial charge >= 0.3 is 0 Å². The number of piperidine rings is 1. The van der Waals surface area contributed by atoms with Gasteiger partial charge in [0.15, 0.2) is 0 Å². The van der Waals surface area contributed by atoms with Crippen LogP contribution in [0.15, 0.2) is 30.3 Å². The molecule has 6 nitrogen and oxygen atoms in total. The molecular formula is C20H28N2O4. The van der Waals surface area contributed by atoms with Crippen molar-refractivity contribution in [2.75, 3.05) is 26.7 Å². The highest BCUT2D eigenvalue weighted by molar-refractivity contribution is 5.81. The normalized spacial score (nSPS) is 25.3. The van der Waals surface area contributed by atoms with Crippen LogP contribution in [0.5, 0.6) is 5.75 Å². The van der Waals surface area contributed by atoms with Crippen LogP contribution >= 0.6 is 0 Å². The molecule has 1 unspecified atom stereocenters. The van der Waals surface area contributed by atoms with E-state index >= 15 is 0 Å². The van der Waals surface area contributed by atoms with Crippen molar-refractivity contribution in [1.29, 1.82) is 0 Å². The summed E-state index contributed by atoms with van der Waals surface area (Å²) in [6.07, 6.45) is 3.04. The highest BCUT2D eigenvalue weighted by Gasteiger charge is 2.37. The van der Waals surface area contributed by atoms with Gasteiger partial charge in [-0.25, -0.2) is 0 Å². The molecule has 0 radical (unpaired) electrons. The minimum atomic E-state index is -0.274. The van der Waals surface area contributed by atoms with E-state index < -0.39 is 0 Å². The molecule has 1 aliphatic carbocycles. The molecule has 2 aliphatic rings. The predicted molar refractivity (Wildman–Crippen MR) is 97.7 cm³/mol. The SMILES string of the molecule is CN(C(=O)C1CCCN(C(=O)CCOc2ccccc2)C1)C1CC(O)C1. The van der Waals surface area contributed by atoms with Gasteiger partial charge in [0.2, 0.25) is 11.8 Å². The summed E-state index contributed by atoms with van der Waals surface area (Å²) in [4.78, 5) is 28.7. The number of aliphatic hydroxyl groups excluding tert-OH is 1. The van der Waals surface area contributed by atoms with Gasteiger partial charge in [-0.15, -0.1) is 0 Å². The molecule has 1 saturated carbocycles. The number of carbonyl (C=O) groups excluding carboxylic acids is 2. The average Bonchev–Trinajstić information content (AvgIpc) is 2.65. The first-order valence-corrected chi connectivity index (χ1v) is 9.45. The maximum absolute atomic E-state index is 12.7. The van der Waals surface area contributed by atoms with Gasteiger partial charge in [-0.05, 0) is 37.8 Å². The summed E-state index contributed by atoms with van der Waals surface area (Å²) in [7, 11) is 1.81. The summed E-state index contributed by atoms with van der Waals surface area (Å²) in [6.45, 7) is 1.54. The fourth-order valence-electron chi connectivity index (χ4n) is 3.68. The maximum atomic E-state index is 12.7. The van der Waals surface area contributed by atoms with Crippen LogP contribution in [0.25, 0.3) is 0 Å². The Morgan fingerprint density at radius 3 is 2.69 bits per heavy atom. The second kappa shape index (κ2) is 8.54. The number of likely N-dealkylation sites (tertiary alicyclic amines) is 1. The molecule has 1 N–H and O–H groups in total. The fraction of sp³-hybridized carbons (Fsp3) is 0.600. The smallest absolute Gasteiger partial charge is 0.227 e. The van der Waals surface area contributed by atoms with Gasteiger partial charge in [-0.3, -0.25) is 9.59 Å². The van der Waals surface area contributed by atoms with E-state index in [1.54, 1.807) is 9.80 Å². The standard InChI is InChI=1S/C20H28N2O4/c1-21(16-12-17(23)13-16)20(25)15-6-5-10-22(14-15)19(24)9-11-26-18-7-3-2-4-8-18/h2-4,7-8,15-17,23H,5-6,9-14H2,1H3. The Labute approximate surface area is 154 Å². The van der Waals surface area contributed by atoms with E-state index in [4.69, 9.17) is 4.74 Å². The minimum Gasteiger partial charge on any atom is -0.493 e. The van der Waals surface area contributed by atoms with Crippen molar-refractivity contribution < 1.29 is 19.4 Å². The molecule has 2 amide bonds. The lowest BCUT2D eigenvalue weighted by Crippen LogP contribution is -2.52. The van der Waals surface area contributed by atoms with Gasteiger partial charge in [0, 0.05) is 26.2 Å². The van der Waals surface area contributed by atoms with Crippen LogP contribution in [0.3, 0.4) is 0 Å². The number of para-hydroxylation sites is 1. The third kappa shape index (κ3) is 4.55. The topological polar surface area (TPSA) is 70.1 Å². The van der Waals surface area contributed by atoms with E-state index in [2.05, 4.69) is 0 Å². The molecule has 2 fully saturated rings. The Morgan fingerprint density at radius 1 is 1.27 bits per heavy atom. The average molecular weight is 360 g/mol. The number of nitrogens with zero attached hydrogens (tertiary/aromatic N) is 2. The zero-order valence-corrected chi connectivity index (χ0v) is 15.3. The third-order valence-corrected chi connectivity index (χ3v) is 5.43. The molecular weight excluding hydrogens is 332 g/mol. The van der Waals surface area contributed by atoms with Gasteiger partial charge in [-0.1, -0.05) is 18.2 Å². The van der Waals surface area contributed by atoms with E-state index in [0.717, 1.165) is 18.6 Å². The summed E-state index contributed by atoms with van der Waals surface area (Å²) in [5.74, 6) is 0.766. The van der Waals surface area contributed by atoms with Crippen molar-refractivity contribution in [3.05, 3.63) is 30.3 Å². The van der Waals surface area contributed by atoms with Crippen molar-refractivity contribution in [3.63, 3.8) is 0 Å². The first-order valence-electron chi connectivity index (χ1n) is 9.45. The largest absolute Gasteiger partial charge is 0.493 e. The van der Waals surface area contributed by atoms with Gasteiger partial charge < -0.3 is 19.6 Å². The van der Waals surface area contributed by atoms with Crippen molar-refractivity contribution in [2.24, 2.45) is 5.92 Å². The second-order valence-corrected chi connectivity index (χ2v) is 7.32. The Balaban J connectivity index is 1.45. The Hall–Kier alpha value is -2.08. The lowest BCUT2D eigenvalue weighted by Gasteiger charge is -2.41. The number of hydrogen-bond donors (Lipinski definition) is 1. The van der Waals surface area contributed by atoms with Crippen LogP contribution in [-0.4, -0.2) is 65.6 Å². The number of hydrogen-bond acceptors (Lipinski definition) is 4. The number of carbonyl (C=O) groups is 2. The van der Waals surface area contributed by atoms with Crippen molar-refractivity contribution in [1.82, 2.24) is 9.80 Å². The highest BCUT2D eigenvalue weighted by Crippen LogP contribution is 2.27. The van der Waals surface area contributed by atoms with E-state index in [0.29, 0.717) is 39.0 Å². The van der Waals surface area contributed by atoms with Crippen molar-refractivity contribution in [3.8, 4) is 5.75 Å². The summed E-state index contributed by atoms with van der Waals surface area (Å²) < 4.78 is 5.60. The molecule has 0 bridgehead atoms. The Kier molecular flexibility index (Phi) is 6.14. The summed E-state index contributed by atoms with van der Waals surface area (Å²) in [5.41, 5.74) is 0. The Bertz CT molecular complexity index is 615. The van der Waals surface area contributed by atoms with Gasteiger partial charge in [0.1, 0.15) is 5.75 Å². The number of aliphatic hydroxyl groups is 1. The Morgan fingerprint density at radius 2 is 2.00 bits per heavy atom. The molecule has 142 valence electrons. The molecule has 0 aromatic heterocycles. The zero-order chi connectivity index (χ0) is 18.5. The number of benzene rings is 1. The fourth-order valence-corrected chi connectivity index (χ4v) is 3.68. The first kappa shape index (κ1) is 18.7. The molecule has 1 aromatic carbocycles. The lowest BCUT2D eigenvalue weighted by atomic mass is 9.87. The summed E-state index contributed by atoms with van der Waals surface area (Å²) >= 11 is 0. The van der Waals surface area contributed by atoms with Gasteiger partial charge in [-0.2, -0.15) is 0 Å². The number of rotatable bonds is 6. The quantitative estimate of drug-likeness (QED) is 0.838. The molecule has 0 spiro atoms. The molecule has 1 aliphatic heterocycles. The summed E-state index contributed by atoms with van der Waals surface area (Å²) in [6, 6.07) is 9.60. The minimum absolute atomic E-state index is 0.0418. The molecule has 1 atom stereocenters. The molecule has 6 heteroatoms.